The van der Waals surface area contributed by atoms with Gasteiger partial charge in [0.25, 0.3) is 0 Å². The summed E-state index contributed by atoms with van der Waals surface area (Å²) in [7, 11) is 0. The number of fused-ring (bicyclic) bond motifs is 1. The van der Waals surface area contributed by atoms with Crippen LogP contribution < -0.4 is 11.0 Å². The zero-order valence-corrected chi connectivity index (χ0v) is 10.3. The van der Waals surface area contributed by atoms with Crippen LogP contribution in [0.3, 0.4) is 0 Å². The van der Waals surface area contributed by atoms with Crippen molar-refractivity contribution in [2.75, 3.05) is 26.2 Å². The van der Waals surface area contributed by atoms with Gasteiger partial charge in [0.1, 0.15) is 0 Å². The minimum Gasteiger partial charge on any atom is -0.315 e. The predicted octanol–water partition coefficient (Wildman–Crippen LogP) is 0.651. The summed E-state index contributed by atoms with van der Waals surface area (Å²) in [5.41, 5.74) is 2.88. The molecule has 0 spiro atoms. The summed E-state index contributed by atoms with van der Waals surface area (Å²) < 4.78 is 0. The highest BCUT2D eigenvalue weighted by molar-refractivity contribution is 5.74. The third kappa shape index (κ3) is 2.47. The summed E-state index contributed by atoms with van der Waals surface area (Å²) in [6, 6.07) is 6.12. The van der Waals surface area contributed by atoms with E-state index in [2.05, 4.69) is 32.3 Å². The van der Waals surface area contributed by atoms with Crippen LogP contribution in [0.15, 0.2) is 23.0 Å². The third-order valence-electron chi connectivity index (χ3n) is 3.42. The van der Waals surface area contributed by atoms with Gasteiger partial charge in [0.2, 0.25) is 0 Å². The van der Waals surface area contributed by atoms with Gasteiger partial charge in [-0.2, -0.15) is 0 Å². The molecule has 0 aliphatic carbocycles. The maximum atomic E-state index is 11.2. The minimum atomic E-state index is -0.138. The van der Waals surface area contributed by atoms with E-state index in [1.165, 1.54) is 12.0 Å². The Kier molecular flexibility index (Phi) is 3.17. The molecular weight excluding hydrogens is 228 g/mol. The topological polar surface area (TPSA) is 63.9 Å². The molecule has 0 atom stereocenters. The molecule has 96 valence electrons. The predicted molar refractivity (Wildman–Crippen MR) is 71.7 cm³/mol. The molecule has 1 aromatic carbocycles. The second-order valence-corrected chi connectivity index (χ2v) is 4.84. The normalized spacial score (nSPS) is 18.0. The van der Waals surface area contributed by atoms with Gasteiger partial charge in [0.05, 0.1) is 11.0 Å². The first-order chi connectivity index (χ1) is 8.81. The Morgan fingerprint density at radius 1 is 1.11 bits per heavy atom. The molecule has 3 rings (SSSR count). The molecule has 18 heavy (non-hydrogen) atoms. The molecule has 1 saturated heterocycles. The van der Waals surface area contributed by atoms with E-state index >= 15 is 0 Å². The maximum Gasteiger partial charge on any atom is 0.323 e. The number of imidazole rings is 1. The molecule has 1 aliphatic heterocycles. The first kappa shape index (κ1) is 11.5. The number of rotatable bonds is 2. The average Bonchev–Trinajstić information content (AvgIpc) is 2.56. The van der Waals surface area contributed by atoms with Crippen molar-refractivity contribution in [2.24, 2.45) is 0 Å². The molecule has 1 fully saturated rings. The van der Waals surface area contributed by atoms with Crippen molar-refractivity contribution < 1.29 is 0 Å². The number of hydrogen-bond donors (Lipinski definition) is 3. The summed E-state index contributed by atoms with van der Waals surface area (Å²) in [5.74, 6) is 0. The van der Waals surface area contributed by atoms with Crippen LogP contribution in [0.4, 0.5) is 0 Å². The number of nitrogens with zero attached hydrogens (tertiary/aromatic N) is 1. The van der Waals surface area contributed by atoms with E-state index in [4.69, 9.17) is 0 Å². The maximum absolute atomic E-state index is 11.2. The van der Waals surface area contributed by atoms with Crippen LogP contribution in [0.1, 0.15) is 12.0 Å². The van der Waals surface area contributed by atoms with Gasteiger partial charge >= 0.3 is 5.69 Å². The molecule has 0 radical (unpaired) electrons. The molecule has 3 N–H and O–H groups in total. The smallest absolute Gasteiger partial charge is 0.315 e. The highest BCUT2D eigenvalue weighted by Gasteiger charge is 2.09. The van der Waals surface area contributed by atoms with E-state index < -0.39 is 0 Å². The van der Waals surface area contributed by atoms with Gasteiger partial charge in [-0.05, 0) is 37.2 Å². The van der Waals surface area contributed by atoms with Crippen molar-refractivity contribution in [1.29, 1.82) is 0 Å². The van der Waals surface area contributed by atoms with E-state index in [-0.39, 0.29) is 5.69 Å². The molecule has 0 saturated carbocycles. The standard InChI is InChI=1S/C13H18N4O/c18-13-15-11-3-2-10(8-12(11)16-13)9-17-6-1-4-14-5-7-17/h2-3,8,14H,1,4-7,9H2,(H2,15,16,18). The van der Waals surface area contributed by atoms with Crippen LogP contribution in [0.2, 0.25) is 0 Å². The van der Waals surface area contributed by atoms with Crippen molar-refractivity contribution in [2.45, 2.75) is 13.0 Å². The molecule has 1 aromatic heterocycles. The Hall–Kier alpha value is -1.59. The lowest BCUT2D eigenvalue weighted by molar-refractivity contribution is 0.284. The van der Waals surface area contributed by atoms with Crippen LogP contribution in [0.5, 0.6) is 0 Å². The van der Waals surface area contributed by atoms with Crippen molar-refractivity contribution in [1.82, 2.24) is 20.2 Å². The fourth-order valence-corrected chi connectivity index (χ4v) is 2.50. The Balaban J connectivity index is 1.78. The van der Waals surface area contributed by atoms with Crippen LogP contribution in [-0.4, -0.2) is 41.0 Å². The van der Waals surface area contributed by atoms with Crippen LogP contribution in [-0.2, 0) is 6.54 Å². The molecule has 2 heterocycles. The lowest BCUT2D eigenvalue weighted by atomic mass is 10.2. The van der Waals surface area contributed by atoms with Crippen LogP contribution >= 0.6 is 0 Å². The Bertz CT molecular complexity index is 578. The Labute approximate surface area is 105 Å². The fourth-order valence-electron chi connectivity index (χ4n) is 2.50. The van der Waals surface area contributed by atoms with Gasteiger partial charge in [-0.25, -0.2) is 4.79 Å². The largest absolute Gasteiger partial charge is 0.323 e. The SMILES string of the molecule is O=c1[nH]c2ccc(CN3CCCNCC3)cc2[nH]1. The van der Waals surface area contributed by atoms with E-state index in [0.29, 0.717) is 0 Å². The van der Waals surface area contributed by atoms with Gasteiger partial charge in [0, 0.05) is 19.6 Å². The average molecular weight is 246 g/mol. The molecule has 5 nitrogen and oxygen atoms in total. The first-order valence-electron chi connectivity index (χ1n) is 6.45. The summed E-state index contributed by atoms with van der Waals surface area (Å²) in [6.45, 7) is 5.34. The number of nitrogens with one attached hydrogen (secondary N) is 3. The molecule has 1 aliphatic rings. The van der Waals surface area contributed by atoms with E-state index in [9.17, 15) is 4.79 Å². The Morgan fingerprint density at radius 2 is 2.00 bits per heavy atom. The molecule has 0 bridgehead atoms. The zero-order chi connectivity index (χ0) is 12.4. The van der Waals surface area contributed by atoms with Gasteiger partial charge in [-0.1, -0.05) is 6.07 Å². The van der Waals surface area contributed by atoms with E-state index in [0.717, 1.165) is 43.8 Å². The van der Waals surface area contributed by atoms with Gasteiger partial charge in [0.15, 0.2) is 0 Å². The van der Waals surface area contributed by atoms with Crippen molar-refractivity contribution in [3.63, 3.8) is 0 Å². The molecule has 2 aromatic rings. The van der Waals surface area contributed by atoms with Gasteiger partial charge in [-0.15, -0.1) is 0 Å². The number of aromatic amines is 2. The number of benzene rings is 1. The van der Waals surface area contributed by atoms with Crippen molar-refractivity contribution in [3.05, 3.63) is 34.2 Å². The minimum absolute atomic E-state index is 0.138. The van der Waals surface area contributed by atoms with Crippen molar-refractivity contribution >= 4 is 11.0 Å². The van der Waals surface area contributed by atoms with Crippen LogP contribution in [0.25, 0.3) is 11.0 Å². The summed E-state index contributed by atoms with van der Waals surface area (Å²) >= 11 is 0. The quantitative estimate of drug-likeness (QED) is 0.729. The molecule has 0 amide bonds. The van der Waals surface area contributed by atoms with Crippen LogP contribution in [0, 0.1) is 0 Å². The van der Waals surface area contributed by atoms with E-state index in [1.54, 1.807) is 0 Å². The van der Waals surface area contributed by atoms with E-state index in [1.807, 2.05) is 6.07 Å². The number of aromatic nitrogens is 2. The lowest BCUT2D eigenvalue weighted by Crippen LogP contribution is -2.27. The molecular formula is C13H18N4O. The fraction of sp³-hybridized carbons (Fsp3) is 0.462. The Morgan fingerprint density at radius 3 is 2.94 bits per heavy atom. The number of hydrogen-bond acceptors (Lipinski definition) is 3. The zero-order valence-electron chi connectivity index (χ0n) is 10.3. The molecule has 0 unspecified atom stereocenters. The third-order valence-corrected chi connectivity index (χ3v) is 3.42. The monoisotopic (exact) mass is 246 g/mol. The highest BCUT2D eigenvalue weighted by Crippen LogP contribution is 2.12. The summed E-state index contributed by atoms with van der Waals surface area (Å²) in [4.78, 5) is 19.2. The van der Waals surface area contributed by atoms with Crippen molar-refractivity contribution in [3.8, 4) is 0 Å². The second kappa shape index (κ2) is 4.96. The number of H-pyrrole nitrogens is 2. The lowest BCUT2D eigenvalue weighted by Gasteiger charge is -2.19. The van der Waals surface area contributed by atoms with Gasteiger partial charge < -0.3 is 15.3 Å². The first-order valence-corrected chi connectivity index (χ1v) is 6.45. The highest BCUT2D eigenvalue weighted by atomic mass is 16.1. The molecule has 5 heteroatoms. The summed E-state index contributed by atoms with van der Waals surface area (Å²) in [5, 5.41) is 3.40. The summed E-state index contributed by atoms with van der Waals surface area (Å²) in [6.07, 6.45) is 1.20. The second-order valence-electron chi connectivity index (χ2n) is 4.84. The van der Waals surface area contributed by atoms with Gasteiger partial charge in [-0.3, -0.25) is 4.90 Å².